The molecule has 0 aliphatic rings. The van der Waals surface area contributed by atoms with Crippen LogP contribution in [0.1, 0.15) is 16.8 Å². The number of aryl methyl sites for hydroxylation is 1. The van der Waals surface area contributed by atoms with Gasteiger partial charge in [-0.2, -0.15) is 13.2 Å². The molecule has 0 saturated carbocycles. The summed E-state index contributed by atoms with van der Waals surface area (Å²) in [7, 11) is 1.44. The Bertz CT molecular complexity index is 1310. The number of hydrogen-bond donors (Lipinski definition) is 1. The quantitative estimate of drug-likeness (QED) is 0.316. The first-order valence-electron chi connectivity index (χ1n) is 9.38. The van der Waals surface area contributed by atoms with Crippen molar-refractivity contribution in [3.8, 4) is 22.3 Å². The summed E-state index contributed by atoms with van der Waals surface area (Å²) < 4.78 is 47.7. The fraction of sp³-hybridized carbons (Fsp3) is 0.125. The molecular formula is C24H17ClF3NOS. The number of benzene rings is 3. The van der Waals surface area contributed by atoms with Crippen LogP contribution >= 0.6 is 23.8 Å². The molecule has 3 aromatic carbocycles. The van der Waals surface area contributed by atoms with E-state index in [1.54, 1.807) is 55.5 Å². The lowest BCUT2D eigenvalue weighted by Gasteiger charge is -2.19. The van der Waals surface area contributed by atoms with Gasteiger partial charge in [0.2, 0.25) is 0 Å². The molecule has 1 heterocycles. The lowest BCUT2D eigenvalue weighted by atomic mass is 9.87. The molecule has 0 amide bonds. The average molecular weight is 460 g/mol. The van der Waals surface area contributed by atoms with Crippen molar-refractivity contribution in [3.05, 3.63) is 82.5 Å². The number of ether oxygens (including phenoxy) is 1. The topological polar surface area (TPSA) is 25.0 Å². The summed E-state index contributed by atoms with van der Waals surface area (Å²) in [5, 5.41) is 1.37. The van der Waals surface area contributed by atoms with Crippen molar-refractivity contribution in [3.63, 3.8) is 0 Å². The Morgan fingerprint density at radius 1 is 0.968 bits per heavy atom. The van der Waals surface area contributed by atoms with Gasteiger partial charge in [-0.3, -0.25) is 0 Å². The number of fused-ring (bicyclic) bond motifs is 1. The molecule has 0 atom stereocenters. The fourth-order valence-corrected chi connectivity index (χ4v) is 4.26. The van der Waals surface area contributed by atoms with Gasteiger partial charge < -0.3 is 9.72 Å². The number of rotatable bonds is 3. The molecule has 0 saturated heterocycles. The second-order valence-electron chi connectivity index (χ2n) is 7.08. The second kappa shape index (κ2) is 8.02. The third kappa shape index (κ3) is 3.82. The van der Waals surface area contributed by atoms with Crippen molar-refractivity contribution in [1.82, 2.24) is 4.98 Å². The summed E-state index contributed by atoms with van der Waals surface area (Å²) in [6.45, 7) is 1.76. The molecule has 0 aliphatic carbocycles. The molecule has 7 heteroatoms. The van der Waals surface area contributed by atoms with E-state index in [2.05, 4.69) is 4.98 Å². The number of nitrogens with one attached hydrogen (secondary N) is 1. The smallest absolute Gasteiger partial charge is 0.417 e. The van der Waals surface area contributed by atoms with Gasteiger partial charge in [-0.25, -0.2) is 0 Å². The summed E-state index contributed by atoms with van der Waals surface area (Å²) in [6, 6.07) is 16.3. The Kier molecular flexibility index (Phi) is 5.54. The number of H-pyrrole nitrogens is 1. The highest BCUT2D eigenvalue weighted by Gasteiger charge is 2.36. The first-order chi connectivity index (χ1) is 14.7. The molecule has 1 aromatic heterocycles. The maximum absolute atomic E-state index is 14.2. The van der Waals surface area contributed by atoms with Crippen LogP contribution in [0.25, 0.3) is 33.2 Å². The van der Waals surface area contributed by atoms with Gasteiger partial charge in [0, 0.05) is 38.3 Å². The van der Waals surface area contributed by atoms with Crippen LogP contribution in [0.15, 0.2) is 60.7 Å². The van der Waals surface area contributed by atoms with Crippen molar-refractivity contribution < 1.29 is 17.9 Å². The van der Waals surface area contributed by atoms with E-state index in [-0.39, 0.29) is 10.6 Å². The van der Waals surface area contributed by atoms with E-state index >= 15 is 0 Å². The SMILES string of the molecule is COC(=S)c1ccccc1-c1cccc(C(F)(F)F)c1-c1c(C)[nH]c2cc(Cl)ccc12. The minimum absolute atomic E-state index is 0.0902. The summed E-state index contributed by atoms with van der Waals surface area (Å²) in [5.74, 6) is 0. The van der Waals surface area contributed by atoms with Gasteiger partial charge >= 0.3 is 6.18 Å². The van der Waals surface area contributed by atoms with E-state index < -0.39 is 11.7 Å². The number of alkyl halides is 3. The van der Waals surface area contributed by atoms with E-state index in [1.807, 2.05) is 0 Å². The molecule has 0 fully saturated rings. The van der Waals surface area contributed by atoms with Crippen molar-refractivity contribution in [2.24, 2.45) is 0 Å². The van der Waals surface area contributed by atoms with E-state index in [0.717, 1.165) is 6.07 Å². The molecule has 0 bridgehead atoms. The van der Waals surface area contributed by atoms with Crippen molar-refractivity contribution in [2.75, 3.05) is 7.11 Å². The summed E-state index contributed by atoms with van der Waals surface area (Å²) >= 11 is 11.4. The predicted octanol–water partition coefficient (Wildman–Crippen LogP) is 7.80. The lowest BCUT2D eigenvalue weighted by Crippen LogP contribution is -2.09. The number of hydrogen-bond acceptors (Lipinski definition) is 2. The molecule has 0 radical (unpaired) electrons. The summed E-state index contributed by atoms with van der Waals surface area (Å²) in [6.07, 6.45) is -4.55. The number of halogens is 4. The van der Waals surface area contributed by atoms with Crippen LogP contribution in [0.2, 0.25) is 5.02 Å². The molecule has 158 valence electrons. The number of aromatic amines is 1. The van der Waals surface area contributed by atoms with E-state index in [0.29, 0.717) is 43.9 Å². The Morgan fingerprint density at radius 3 is 2.39 bits per heavy atom. The number of methoxy groups -OCH3 is 1. The molecule has 1 N–H and O–H groups in total. The lowest BCUT2D eigenvalue weighted by molar-refractivity contribution is -0.137. The Hall–Kier alpha value is -2.83. The van der Waals surface area contributed by atoms with Crippen molar-refractivity contribution in [1.29, 1.82) is 0 Å². The normalized spacial score (nSPS) is 11.7. The van der Waals surface area contributed by atoms with Crippen molar-refractivity contribution >= 4 is 39.8 Å². The van der Waals surface area contributed by atoms with Gasteiger partial charge in [0.05, 0.1) is 12.7 Å². The molecule has 31 heavy (non-hydrogen) atoms. The highest BCUT2D eigenvalue weighted by molar-refractivity contribution is 7.80. The Morgan fingerprint density at radius 2 is 1.68 bits per heavy atom. The average Bonchev–Trinajstić information content (AvgIpc) is 3.06. The first kappa shape index (κ1) is 21.4. The second-order valence-corrected chi connectivity index (χ2v) is 7.89. The summed E-state index contributed by atoms with van der Waals surface area (Å²) in [4.78, 5) is 3.17. The van der Waals surface area contributed by atoms with Crippen LogP contribution in [-0.2, 0) is 10.9 Å². The van der Waals surface area contributed by atoms with Gasteiger partial charge in [-0.15, -0.1) is 0 Å². The minimum Gasteiger partial charge on any atom is -0.486 e. The largest absolute Gasteiger partial charge is 0.486 e. The third-order valence-corrected chi connectivity index (χ3v) is 5.81. The monoisotopic (exact) mass is 459 g/mol. The zero-order chi connectivity index (χ0) is 22.3. The maximum atomic E-state index is 14.2. The third-order valence-electron chi connectivity index (χ3n) is 5.19. The maximum Gasteiger partial charge on any atom is 0.417 e. The molecule has 4 rings (SSSR count). The molecule has 0 aliphatic heterocycles. The van der Waals surface area contributed by atoms with Crippen LogP contribution < -0.4 is 0 Å². The fourth-order valence-electron chi connectivity index (χ4n) is 3.91. The van der Waals surface area contributed by atoms with Crippen LogP contribution in [0.4, 0.5) is 13.2 Å². The Labute approximate surface area is 187 Å². The van der Waals surface area contributed by atoms with Crippen LogP contribution in [-0.4, -0.2) is 17.1 Å². The molecule has 0 spiro atoms. The standard InChI is InChI=1S/C24H17ClF3NOS/c1-13-21(18-11-10-14(25)12-20(18)29-13)22-16(8-5-9-19(22)24(26,27)28)15-6-3-4-7-17(15)23(31)30-2/h3-12,29H,1-2H3. The zero-order valence-corrected chi connectivity index (χ0v) is 18.2. The minimum atomic E-state index is -4.55. The number of thiocarbonyl (C=S) groups is 1. The van der Waals surface area contributed by atoms with Crippen LogP contribution in [0.5, 0.6) is 0 Å². The van der Waals surface area contributed by atoms with Gasteiger partial charge in [0.1, 0.15) is 0 Å². The van der Waals surface area contributed by atoms with E-state index in [9.17, 15) is 13.2 Å². The zero-order valence-electron chi connectivity index (χ0n) is 16.6. The first-order valence-corrected chi connectivity index (χ1v) is 10.2. The van der Waals surface area contributed by atoms with E-state index in [4.69, 9.17) is 28.6 Å². The van der Waals surface area contributed by atoms with Crippen molar-refractivity contribution in [2.45, 2.75) is 13.1 Å². The number of aromatic nitrogens is 1. The molecular weight excluding hydrogens is 443 g/mol. The van der Waals surface area contributed by atoms with E-state index in [1.165, 1.54) is 13.2 Å². The van der Waals surface area contributed by atoms with Gasteiger partial charge in [0.15, 0.2) is 5.05 Å². The highest BCUT2D eigenvalue weighted by atomic mass is 35.5. The van der Waals surface area contributed by atoms with Gasteiger partial charge in [-0.1, -0.05) is 48.0 Å². The van der Waals surface area contributed by atoms with Gasteiger partial charge in [-0.05, 0) is 54.5 Å². The molecule has 0 unspecified atom stereocenters. The van der Waals surface area contributed by atoms with Gasteiger partial charge in [0.25, 0.3) is 0 Å². The highest BCUT2D eigenvalue weighted by Crippen LogP contribution is 2.46. The Balaban J connectivity index is 2.14. The molecule has 4 aromatic rings. The van der Waals surface area contributed by atoms with Crippen LogP contribution in [0, 0.1) is 6.92 Å². The summed E-state index contributed by atoms with van der Waals surface area (Å²) in [5.41, 5.74) is 2.68. The van der Waals surface area contributed by atoms with Crippen LogP contribution in [0.3, 0.4) is 0 Å². The molecule has 2 nitrogen and oxygen atoms in total. The predicted molar refractivity (Wildman–Crippen MR) is 123 cm³/mol.